The molecular weight excluding hydrogens is 556 g/mol. The molecule has 3 aliphatic rings. The largest absolute Gasteiger partial charge is 0.497 e. The molecule has 0 bridgehead atoms. The van der Waals surface area contributed by atoms with Crippen LogP contribution in [0, 0.1) is 5.92 Å². The van der Waals surface area contributed by atoms with Crippen LogP contribution in [0.4, 0.5) is 5.69 Å². The topological polar surface area (TPSA) is 102 Å². The van der Waals surface area contributed by atoms with Gasteiger partial charge in [0.25, 0.3) is 0 Å². The molecule has 4 aromatic carbocycles. The second-order valence-corrected chi connectivity index (χ2v) is 11.2. The summed E-state index contributed by atoms with van der Waals surface area (Å²) in [5.41, 5.74) is 2.28. The molecule has 1 saturated heterocycles. The summed E-state index contributed by atoms with van der Waals surface area (Å²) in [7, 11) is 1.52. The fourth-order valence-electron chi connectivity index (χ4n) is 7.15. The van der Waals surface area contributed by atoms with Crippen LogP contribution in [0.5, 0.6) is 11.5 Å². The van der Waals surface area contributed by atoms with Gasteiger partial charge in [-0.15, -0.1) is 0 Å². The Bertz CT molecular complexity index is 1880. The average Bonchev–Trinajstić information content (AvgIpc) is 3.52. The van der Waals surface area contributed by atoms with Crippen LogP contribution in [-0.2, 0) is 15.0 Å². The van der Waals surface area contributed by atoms with E-state index in [0.29, 0.717) is 33.9 Å². The molecule has 8 heteroatoms. The Balaban J connectivity index is 1.48. The minimum Gasteiger partial charge on any atom is -0.497 e. The third-order valence-electron chi connectivity index (χ3n) is 8.88. The van der Waals surface area contributed by atoms with Gasteiger partial charge in [-0.1, -0.05) is 54.6 Å². The van der Waals surface area contributed by atoms with Crippen molar-refractivity contribution < 1.29 is 28.7 Å². The van der Waals surface area contributed by atoms with E-state index in [1.54, 1.807) is 48.5 Å². The van der Waals surface area contributed by atoms with Gasteiger partial charge in [0.05, 0.1) is 19.1 Å². The van der Waals surface area contributed by atoms with Crippen LogP contribution >= 0.6 is 0 Å². The van der Waals surface area contributed by atoms with Gasteiger partial charge in [-0.2, -0.15) is 0 Å². The number of methoxy groups -OCH3 is 1. The lowest BCUT2D eigenvalue weighted by Crippen LogP contribution is -2.49. The predicted molar refractivity (Wildman–Crippen MR) is 163 cm³/mol. The molecule has 0 saturated carbocycles. The van der Waals surface area contributed by atoms with Gasteiger partial charge in [0, 0.05) is 29.9 Å². The standard InChI is InChI=1S/C36H28N2O6/c1-21(39)44-25-16-14-23(15-17-25)33(41)31-30(32(40)24-9-7-10-26(20-24)43-2)36(28-12-5-6-13-29(28)37-35(36)42)34-27-11-4-3-8-22(27)18-19-38(31)34/h3-20,30-31,34H,1-2H3,(H,37,42)/t30-,31+,34-,36+/m1/s1. The van der Waals surface area contributed by atoms with E-state index in [4.69, 9.17) is 9.47 Å². The van der Waals surface area contributed by atoms with Crippen molar-refractivity contribution in [2.24, 2.45) is 5.92 Å². The van der Waals surface area contributed by atoms with E-state index in [-0.39, 0.29) is 17.5 Å². The maximum atomic E-state index is 14.9. The summed E-state index contributed by atoms with van der Waals surface area (Å²) in [6.07, 6.45) is 3.75. The number of carbonyl (C=O) groups excluding carboxylic acids is 4. The predicted octanol–water partition coefficient (Wildman–Crippen LogP) is 5.60. The van der Waals surface area contributed by atoms with Crippen molar-refractivity contribution in [3.8, 4) is 11.5 Å². The van der Waals surface area contributed by atoms with Gasteiger partial charge in [0.1, 0.15) is 23.0 Å². The summed E-state index contributed by atoms with van der Waals surface area (Å²) < 4.78 is 10.6. The van der Waals surface area contributed by atoms with Crippen LogP contribution in [-0.4, -0.2) is 41.5 Å². The number of para-hydroxylation sites is 1. The Hall–Kier alpha value is -5.50. The van der Waals surface area contributed by atoms with Gasteiger partial charge in [0.2, 0.25) is 5.91 Å². The number of hydrogen-bond acceptors (Lipinski definition) is 7. The summed E-state index contributed by atoms with van der Waals surface area (Å²) in [5, 5.41) is 3.05. The summed E-state index contributed by atoms with van der Waals surface area (Å²) in [6.45, 7) is 1.30. The monoisotopic (exact) mass is 584 g/mol. The highest BCUT2D eigenvalue weighted by Crippen LogP contribution is 2.62. The molecule has 4 aromatic rings. The summed E-state index contributed by atoms with van der Waals surface area (Å²) >= 11 is 0. The molecule has 0 radical (unpaired) electrons. The molecule has 3 aliphatic heterocycles. The molecule has 1 fully saturated rings. The van der Waals surface area contributed by atoms with Gasteiger partial charge >= 0.3 is 5.97 Å². The van der Waals surface area contributed by atoms with Crippen molar-refractivity contribution in [3.63, 3.8) is 0 Å². The van der Waals surface area contributed by atoms with Crippen molar-refractivity contribution in [1.29, 1.82) is 0 Å². The van der Waals surface area contributed by atoms with Crippen molar-refractivity contribution in [1.82, 2.24) is 4.90 Å². The summed E-state index contributed by atoms with van der Waals surface area (Å²) in [4.78, 5) is 57.5. The smallest absolute Gasteiger partial charge is 0.308 e. The number of nitrogens with zero attached hydrogens (tertiary/aromatic N) is 1. The van der Waals surface area contributed by atoms with Crippen molar-refractivity contribution in [3.05, 3.63) is 131 Å². The first-order valence-corrected chi connectivity index (χ1v) is 14.3. The number of ether oxygens (including phenoxy) is 2. The maximum absolute atomic E-state index is 14.9. The van der Waals surface area contributed by atoms with Gasteiger partial charge < -0.3 is 19.7 Å². The number of rotatable bonds is 6. The van der Waals surface area contributed by atoms with Crippen molar-refractivity contribution >= 4 is 35.2 Å². The Kier molecular flexibility index (Phi) is 6.43. The van der Waals surface area contributed by atoms with E-state index in [1.165, 1.54) is 14.0 Å². The second kappa shape index (κ2) is 10.3. The van der Waals surface area contributed by atoms with E-state index in [1.807, 2.05) is 65.7 Å². The molecule has 44 heavy (non-hydrogen) atoms. The van der Waals surface area contributed by atoms with Gasteiger partial charge in [-0.3, -0.25) is 19.2 Å². The molecule has 218 valence electrons. The normalized spacial score (nSPS) is 22.5. The highest BCUT2D eigenvalue weighted by atomic mass is 16.5. The Morgan fingerprint density at radius 3 is 2.34 bits per heavy atom. The third kappa shape index (κ3) is 3.98. The van der Waals surface area contributed by atoms with Crippen LogP contribution in [0.15, 0.2) is 103 Å². The quantitative estimate of drug-likeness (QED) is 0.179. The molecule has 1 spiro atoms. The van der Waals surface area contributed by atoms with Gasteiger partial charge in [-0.05, 0) is 65.2 Å². The minimum atomic E-state index is -1.43. The van der Waals surface area contributed by atoms with Crippen LogP contribution < -0.4 is 14.8 Å². The van der Waals surface area contributed by atoms with Gasteiger partial charge in [-0.25, -0.2) is 0 Å². The zero-order valence-corrected chi connectivity index (χ0v) is 24.0. The number of anilines is 1. The first kappa shape index (κ1) is 27.3. The summed E-state index contributed by atoms with van der Waals surface area (Å²) in [6, 6.07) is 26.5. The van der Waals surface area contributed by atoms with Gasteiger partial charge in [0.15, 0.2) is 11.6 Å². The molecule has 3 heterocycles. The van der Waals surface area contributed by atoms with E-state index in [9.17, 15) is 19.2 Å². The number of ketones is 2. The molecule has 1 N–H and O–H groups in total. The third-order valence-corrected chi connectivity index (χ3v) is 8.88. The fraction of sp³-hybridized carbons (Fsp3) is 0.167. The van der Waals surface area contributed by atoms with Crippen molar-refractivity contribution in [2.45, 2.75) is 24.4 Å². The molecule has 8 nitrogen and oxygen atoms in total. The molecule has 0 aliphatic carbocycles. The van der Waals surface area contributed by atoms with Crippen molar-refractivity contribution in [2.75, 3.05) is 12.4 Å². The SMILES string of the molecule is COc1cccc(C(=O)[C@H]2[C@@H](C(=O)c3ccc(OC(C)=O)cc3)N3C=Cc4ccccc4[C@@H]3[C@@]23C(=O)Nc2ccccc23)c1. The molecule has 1 amide bonds. The number of carbonyl (C=O) groups is 4. The minimum absolute atomic E-state index is 0.301. The molecular formula is C36H28N2O6. The van der Waals surface area contributed by atoms with E-state index >= 15 is 0 Å². The Morgan fingerprint density at radius 1 is 0.818 bits per heavy atom. The van der Waals surface area contributed by atoms with E-state index in [0.717, 1.165) is 11.1 Å². The van der Waals surface area contributed by atoms with Crippen LogP contribution in [0.25, 0.3) is 6.08 Å². The lowest BCUT2D eigenvalue weighted by molar-refractivity contribution is -0.131. The number of esters is 1. The highest BCUT2D eigenvalue weighted by Gasteiger charge is 2.70. The summed E-state index contributed by atoms with van der Waals surface area (Å²) in [5.74, 6) is -1.80. The van der Waals surface area contributed by atoms with E-state index in [2.05, 4.69) is 5.32 Å². The zero-order valence-electron chi connectivity index (χ0n) is 24.0. The first-order valence-electron chi connectivity index (χ1n) is 14.3. The molecule has 4 atom stereocenters. The molecule has 0 unspecified atom stereocenters. The zero-order chi connectivity index (χ0) is 30.6. The van der Waals surface area contributed by atoms with Crippen LogP contribution in [0.2, 0.25) is 0 Å². The molecule has 7 rings (SSSR count). The van der Waals surface area contributed by atoms with Crippen LogP contribution in [0.3, 0.4) is 0 Å². The highest BCUT2D eigenvalue weighted by molar-refractivity contribution is 6.16. The fourth-order valence-corrected chi connectivity index (χ4v) is 7.15. The Labute approximate surface area is 253 Å². The Morgan fingerprint density at radius 2 is 1.57 bits per heavy atom. The number of nitrogens with one attached hydrogen (secondary N) is 1. The average molecular weight is 585 g/mol. The lowest BCUT2D eigenvalue weighted by atomic mass is 9.62. The number of hydrogen-bond donors (Lipinski definition) is 1. The number of benzene rings is 4. The van der Waals surface area contributed by atoms with E-state index < -0.39 is 29.4 Å². The number of amides is 1. The lowest BCUT2D eigenvalue weighted by Gasteiger charge is -2.38. The second-order valence-electron chi connectivity index (χ2n) is 11.2. The maximum Gasteiger partial charge on any atom is 0.308 e. The number of Topliss-reactive ketones (excluding diaryl/α,β-unsaturated/α-hetero) is 2. The van der Waals surface area contributed by atoms with Crippen LogP contribution in [0.1, 0.15) is 50.4 Å². The molecule has 0 aromatic heterocycles. The number of fused-ring (bicyclic) bond motifs is 6. The first-order chi connectivity index (χ1) is 21.3.